The van der Waals surface area contributed by atoms with Crippen molar-refractivity contribution in [2.24, 2.45) is 0 Å². The first kappa shape index (κ1) is 79.7. The van der Waals surface area contributed by atoms with Gasteiger partial charge in [-0.1, -0.05) is 310 Å². The van der Waals surface area contributed by atoms with E-state index in [1.54, 1.807) is 0 Å². The van der Waals surface area contributed by atoms with Crippen molar-refractivity contribution in [1.29, 1.82) is 0 Å². The zero-order valence-electron chi connectivity index (χ0n) is 52.1. The first-order valence-electron chi connectivity index (χ1n) is 34.0. The van der Waals surface area contributed by atoms with Crippen molar-refractivity contribution in [3.05, 3.63) is 0 Å². The first-order chi connectivity index (χ1) is 37.2. The summed E-state index contributed by atoms with van der Waals surface area (Å²) in [6.45, 7) is 8.81. The molecule has 0 saturated carbocycles. The maximum absolute atomic E-state index is 12.2. The van der Waals surface area contributed by atoms with Gasteiger partial charge in [0, 0.05) is 24.8 Å². The molecule has 77 heavy (non-hydrogen) atoms. The molecule has 8 nitrogen and oxygen atoms in total. The number of carboxylic acid groups (broad SMARTS) is 2. The number of aliphatic carboxylic acids is 2. The van der Waals surface area contributed by atoms with Crippen LogP contribution in [0, 0.1) is 0 Å². The summed E-state index contributed by atoms with van der Waals surface area (Å²) in [7, 11) is 0. The van der Waals surface area contributed by atoms with Crippen LogP contribution in [0.3, 0.4) is 0 Å². The second kappa shape index (κ2) is 68.8. The summed E-state index contributed by atoms with van der Waals surface area (Å²) in [5.41, 5.74) is 0. The van der Waals surface area contributed by atoms with E-state index >= 15 is 0 Å². The fourth-order valence-corrected chi connectivity index (χ4v) is 10.6. The van der Waals surface area contributed by atoms with Gasteiger partial charge in [-0.05, 0) is 77.0 Å². The topological polar surface area (TPSA) is 133 Å². The van der Waals surface area contributed by atoms with E-state index in [9.17, 15) is 29.4 Å². The molecule has 9 heteroatoms. The van der Waals surface area contributed by atoms with Crippen molar-refractivity contribution in [2.75, 3.05) is 0 Å². The average Bonchev–Trinajstić information content (AvgIpc) is 3.40. The molecular formula is C68H130O8Zn. The van der Waals surface area contributed by atoms with Crippen molar-refractivity contribution >= 4 is 23.9 Å². The van der Waals surface area contributed by atoms with Crippen molar-refractivity contribution in [3.63, 3.8) is 0 Å². The smallest absolute Gasteiger partial charge is 0.550 e. The molecule has 0 fully saturated rings. The number of esters is 2. The van der Waals surface area contributed by atoms with Crippen LogP contribution in [0.25, 0.3) is 0 Å². The van der Waals surface area contributed by atoms with E-state index in [4.69, 9.17) is 9.47 Å². The summed E-state index contributed by atoms with van der Waals surface area (Å²) in [5, 5.41) is 20.7. The van der Waals surface area contributed by atoms with Gasteiger partial charge in [-0.2, -0.15) is 0 Å². The van der Waals surface area contributed by atoms with Crippen LogP contribution >= 0.6 is 0 Å². The molecule has 2 atom stereocenters. The molecule has 0 radical (unpaired) electrons. The molecule has 2 unspecified atom stereocenters. The van der Waals surface area contributed by atoms with Gasteiger partial charge in [-0.15, -0.1) is 0 Å². The van der Waals surface area contributed by atoms with Crippen LogP contribution in [0.1, 0.15) is 400 Å². The molecule has 0 rings (SSSR count). The summed E-state index contributed by atoms with van der Waals surface area (Å²) in [4.78, 5) is 45.2. The monoisotopic (exact) mass is 1140 g/mol. The van der Waals surface area contributed by atoms with E-state index < -0.39 is 11.9 Å². The first-order valence-corrected chi connectivity index (χ1v) is 34.0. The van der Waals surface area contributed by atoms with Gasteiger partial charge in [0.15, 0.2) is 0 Å². The summed E-state index contributed by atoms with van der Waals surface area (Å²) in [6, 6.07) is 0. The van der Waals surface area contributed by atoms with Gasteiger partial charge < -0.3 is 29.3 Å². The minimum absolute atomic E-state index is 0. The van der Waals surface area contributed by atoms with Crippen LogP contribution in [0.5, 0.6) is 0 Å². The predicted molar refractivity (Wildman–Crippen MR) is 320 cm³/mol. The van der Waals surface area contributed by atoms with Crippen molar-refractivity contribution in [2.45, 2.75) is 412 Å². The van der Waals surface area contributed by atoms with Gasteiger partial charge in [0.05, 0.1) is 0 Å². The molecule has 0 aliphatic carbocycles. The third-order valence-electron chi connectivity index (χ3n) is 15.8. The SMILES string of the molecule is CCCCCCCCCCCCCCCC(=O)OC(CC)CCCCCCCCCCCCCCC(=O)[O-].CCCCCCCCCCCCCCCC(=O)OC(CC)CCCCCCCCCCCCCCC(=O)[O-].[Zn+2]. The van der Waals surface area contributed by atoms with E-state index in [0.717, 1.165) is 103 Å². The predicted octanol–water partition coefficient (Wildman–Crippen LogP) is 20.0. The minimum Gasteiger partial charge on any atom is -0.550 e. The number of carbonyl (C=O) groups excluding carboxylic acids is 4. The Bertz CT molecular complexity index is 1110. The Hall–Kier alpha value is -1.50. The largest absolute Gasteiger partial charge is 2.00 e. The Morgan fingerprint density at radius 2 is 0.429 bits per heavy atom. The Morgan fingerprint density at radius 3 is 0.610 bits per heavy atom. The molecule has 0 saturated heterocycles. The second-order valence-electron chi connectivity index (χ2n) is 23.3. The quantitative estimate of drug-likeness (QED) is 0.0334. The standard InChI is InChI=1S/2C34H66O4.Zn/c2*1-3-5-6-7-8-9-10-11-16-19-22-25-28-31-34(37)38-32(4-2)29-26-23-20-17-14-12-13-15-18-21-24-27-30-33(35)36;/h2*32H,3-31H2,1-2H3,(H,35,36);/q;;+2/p-2. The molecule has 0 spiro atoms. The van der Waals surface area contributed by atoms with Crippen LogP contribution in [0.2, 0.25) is 0 Å². The number of hydrogen-bond acceptors (Lipinski definition) is 8. The molecule has 0 aliphatic rings. The molecule has 0 aliphatic heterocycles. The van der Waals surface area contributed by atoms with Crippen LogP contribution in [0.15, 0.2) is 0 Å². The van der Waals surface area contributed by atoms with Gasteiger partial charge in [0.1, 0.15) is 12.2 Å². The van der Waals surface area contributed by atoms with Crippen molar-refractivity contribution in [1.82, 2.24) is 0 Å². The number of ether oxygens (including phenoxy) is 2. The van der Waals surface area contributed by atoms with Gasteiger partial charge in [-0.25, -0.2) is 0 Å². The number of unbranched alkanes of at least 4 members (excludes halogenated alkanes) is 46. The zero-order chi connectivity index (χ0) is 55.9. The maximum Gasteiger partial charge on any atom is 2.00 e. The van der Waals surface area contributed by atoms with Gasteiger partial charge in [-0.3, -0.25) is 9.59 Å². The Morgan fingerprint density at radius 1 is 0.260 bits per heavy atom. The van der Waals surface area contributed by atoms with Crippen LogP contribution in [-0.4, -0.2) is 36.1 Å². The van der Waals surface area contributed by atoms with Crippen molar-refractivity contribution < 1.29 is 58.3 Å². The summed E-state index contributed by atoms with van der Waals surface area (Å²) >= 11 is 0. The van der Waals surface area contributed by atoms with Crippen LogP contribution < -0.4 is 10.2 Å². The number of carboxylic acids is 2. The number of hydrogen-bond donors (Lipinski definition) is 0. The fourth-order valence-electron chi connectivity index (χ4n) is 10.6. The van der Waals surface area contributed by atoms with Gasteiger partial charge in [0.2, 0.25) is 0 Å². The molecule has 0 heterocycles. The normalized spacial score (nSPS) is 11.9. The van der Waals surface area contributed by atoms with E-state index in [1.165, 1.54) is 244 Å². The number of rotatable bonds is 62. The Labute approximate surface area is 492 Å². The van der Waals surface area contributed by atoms with E-state index in [0.29, 0.717) is 12.8 Å². The fraction of sp³-hybridized carbons (Fsp3) is 0.941. The van der Waals surface area contributed by atoms with Gasteiger partial charge >= 0.3 is 31.4 Å². The van der Waals surface area contributed by atoms with E-state index in [-0.39, 0.29) is 56.5 Å². The molecular weight excluding hydrogens is 1010 g/mol. The molecule has 0 bridgehead atoms. The molecule has 0 aromatic heterocycles. The molecule has 0 amide bonds. The summed E-state index contributed by atoms with van der Waals surface area (Å²) in [5.74, 6) is -1.81. The third-order valence-corrected chi connectivity index (χ3v) is 15.8. The minimum atomic E-state index is -0.920. The Kier molecular flexibility index (Phi) is 71.2. The Balaban J connectivity index is -0.00000140. The maximum atomic E-state index is 12.2. The molecule has 0 aromatic carbocycles. The van der Waals surface area contributed by atoms with Crippen LogP contribution in [0.4, 0.5) is 0 Å². The third kappa shape index (κ3) is 70.6. The van der Waals surface area contributed by atoms with Crippen molar-refractivity contribution in [3.8, 4) is 0 Å². The van der Waals surface area contributed by atoms with E-state index in [2.05, 4.69) is 27.7 Å². The second-order valence-corrected chi connectivity index (χ2v) is 23.3. The molecule has 0 aromatic rings. The molecule has 0 N–H and O–H groups in total. The van der Waals surface area contributed by atoms with Gasteiger partial charge in [0.25, 0.3) is 0 Å². The average molecular weight is 1140 g/mol. The number of carbonyl (C=O) groups is 4. The summed E-state index contributed by atoms with van der Waals surface area (Å²) in [6.07, 6.45) is 68.9. The van der Waals surface area contributed by atoms with E-state index in [1.807, 2.05) is 0 Å². The molecule has 452 valence electrons. The zero-order valence-corrected chi connectivity index (χ0v) is 55.1. The summed E-state index contributed by atoms with van der Waals surface area (Å²) < 4.78 is 11.5. The van der Waals surface area contributed by atoms with Crippen LogP contribution in [-0.2, 0) is 48.1 Å².